The van der Waals surface area contributed by atoms with Crippen molar-refractivity contribution in [3.63, 3.8) is 0 Å². The highest BCUT2D eigenvalue weighted by molar-refractivity contribution is 5.81. The highest BCUT2D eigenvalue weighted by atomic mass is 16.5. The van der Waals surface area contributed by atoms with E-state index in [0.29, 0.717) is 26.1 Å². The van der Waals surface area contributed by atoms with Crippen LogP contribution in [0.15, 0.2) is 24.3 Å². The van der Waals surface area contributed by atoms with Gasteiger partial charge in [0.15, 0.2) is 0 Å². The van der Waals surface area contributed by atoms with Crippen LogP contribution in [-0.2, 0) is 9.59 Å². The topological polar surface area (TPSA) is 61.9 Å². The summed E-state index contributed by atoms with van der Waals surface area (Å²) in [5, 5.41) is 3.41. The molecule has 1 N–H and O–H groups in total. The summed E-state index contributed by atoms with van der Waals surface area (Å²) in [4.78, 5) is 29.3. The van der Waals surface area contributed by atoms with Crippen LogP contribution in [0.1, 0.15) is 44.2 Å². The van der Waals surface area contributed by atoms with E-state index in [-0.39, 0.29) is 23.8 Å². The third-order valence-corrected chi connectivity index (χ3v) is 5.69. The first kappa shape index (κ1) is 19.7. The van der Waals surface area contributed by atoms with Gasteiger partial charge in [0.1, 0.15) is 5.75 Å². The zero-order chi connectivity index (χ0) is 19.2. The number of carbonyl (C=O) groups excluding carboxylic acids is 2. The summed E-state index contributed by atoms with van der Waals surface area (Å²) < 4.78 is 5.53. The van der Waals surface area contributed by atoms with E-state index >= 15 is 0 Å². The molecule has 0 spiro atoms. The number of ether oxygens (including phenoxy) is 1. The maximum Gasteiger partial charge on any atom is 0.226 e. The molecule has 2 aliphatic rings. The first-order valence-electron chi connectivity index (χ1n) is 10.1. The van der Waals surface area contributed by atoms with Gasteiger partial charge in [-0.25, -0.2) is 0 Å². The van der Waals surface area contributed by atoms with Gasteiger partial charge in [-0.1, -0.05) is 25.1 Å². The molecule has 27 heavy (non-hydrogen) atoms. The number of hydrogen-bond donors (Lipinski definition) is 1. The smallest absolute Gasteiger partial charge is 0.226 e. The van der Waals surface area contributed by atoms with Crippen molar-refractivity contribution in [3.8, 4) is 5.75 Å². The molecule has 1 atom stereocenters. The lowest BCUT2D eigenvalue weighted by molar-refractivity contribution is -0.143. The Kier molecular flexibility index (Phi) is 6.72. The van der Waals surface area contributed by atoms with Gasteiger partial charge in [-0.05, 0) is 25.3 Å². The Labute approximate surface area is 161 Å². The fourth-order valence-electron chi connectivity index (χ4n) is 4.17. The number of methoxy groups -OCH3 is 1. The number of likely N-dealkylation sites (tertiary alicyclic amines) is 1. The average molecular weight is 373 g/mol. The zero-order valence-corrected chi connectivity index (χ0v) is 16.4. The first-order valence-corrected chi connectivity index (χ1v) is 10.1. The summed E-state index contributed by atoms with van der Waals surface area (Å²) in [6.45, 7) is 5.67. The highest BCUT2D eigenvalue weighted by Crippen LogP contribution is 2.32. The number of piperidine rings is 1. The summed E-state index contributed by atoms with van der Waals surface area (Å²) in [6.07, 6.45) is 3.00. The molecule has 0 bridgehead atoms. The van der Waals surface area contributed by atoms with Crippen LogP contribution in [0.4, 0.5) is 0 Å². The fourth-order valence-corrected chi connectivity index (χ4v) is 4.17. The van der Waals surface area contributed by atoms with Crippen LogP contribution in [0.3, 0.4) is 0 Å². The third-order valence-electron chi connectivity index (χ3n) is 5.69. The molecule has 3 rings (SSSR count). The van der Waals surface area contributed by atoms with Crippen molar-refractivity contribution in [1.29, 1.82) is 0 Å². The van der Waals surface area contributed by atoms with Crippen molar-refractivity contribution in [1.82, 2.24) is 15.1 Å². The van der Waals surface area contributed by atoms with E-state index in [2.05, 4.69) is 5.32 Å². The molecule has 0 radical (unpaired) electrons. The minimum absolute atomic E-state index is 0.00554. The molecular formula is C21H31N3O3. The van der Waals surface area contributed by atoms with Crippen LogP contribution < -0.4 is 10.1 Å². The lowest BCUT2D eigenvalue weighted by atomic mass is 9.92. The van der Waals surface area contributed by atoms with Gasteiger partial charge in [0, 0.05) is 50.6 Å². The number of nitrogens with one attached hydrogen (secondary N) is 1. The molecule has 2 heterocycles. The molecule has 1 aromatic carbocycles. The third kappa shape index (κ3) is 4.43. The van der Waals surface area contributed by atoms with Gasteiger partial charge < -0.3 is 19.9 Å². The number of para-hydroxylation sites is 1. The quantitative estimate of drug-likeness (QED) is 0.860. The van der Waals surface area contributed by atoms with E-state index < -0.39 is 0 Å². The van der Waals surface area contributed by atoms with Crippen molar-refractivity contribution in [3.05, 3.63) is 29.8 Å². The van der Waals surface area contributed by atoms with E-state index in [1.165, 1.54) is 0 Å². The Morgan fingerprint density at radius 1 is 1.19 bits per heavy atom. The molecular weight excluding hydrogens is 342 g/mol. The van der Waals surface area contributed by atoms with Crippen molar-refractivity contribution < 1.29 is 14.3 Å². The first-order chi connectivity index (χ1) is 13.2. The lowest BCUT2D eigenvalue weighted by Crippen LogP contribution is -2.52. The number of rotatable bonds is 5. The van der Waals surface area contributed by atoms with E-state index in [1.807, 2.05) is 41.0 Å². The van der Waals surface area contributed by atoms with Crippen LogP contribution in [0, 0.1) is 5.92 Å². The SMILES string of the molecule is CCCC(=O)N1CCC(C(=O)N2CCNCC2c2ccccc2OC)CC1. The molecule has 1 aromatic rings. The molecule has 2 fully saturated rings. The van der Waals surface area contributed by atoms with E-state index in [0.717, 1.165) is 43.7 Å². The highest BCUT2D eigenvalue weighted by Gasteiger charge is 2.35. The number of amides is 2. The van der Waals surface area contributed by atoms with Gasteiger partial charge in [0.2, 0.25) is 11.8 Å². The molecule has 0 aromatic heterocycles. The minimum atomic E-state index is -0.0119. The number of benzene rings is 1. The van der Waals surface area contributed by atoms with Crippen LogP contribution in [0.5, 0.6) is 5.75 Å². The van der Waals surface area contributed by atoms with Crippen molar-refractivity contribution in [2.24, 2.45) is 5.92 Å². The van der Waals surface area contributed by atoms with Gasteiger partial charge in [0.25, 0.3) is 0 Å². The van der Waals surface area contributed by atoms with Crippen LogP contribution >= 0.6 is 0 Å². The zero-order valence-electron chi connectivity index (χ0n) is 16.4. The Morgan fingerprint density at radius 2 is 1.93 bits per heavy atom. The van der Waals surface area contributed by atoms with Crippen LogP contribution in [0.25, 0.3) is 0 Å². The Morgan fingerprint density at radius 3 is 2.63 bits per heavy atom. The summed E-state index contributed by atoms with van der Waals surface area (Å²) in [7, 11) is 1.67. The maximum absolute atomic E-state index is 13.3. The summed E-state index contributed by atoms with van der Waals surface area (Å²) in [5.74, 6) is 1.27. The van der Waals surface area contributed by atoms with Crippen molar-refractivity contribution in [2.45, 2.75) is 38.6 Å². The van der Waals surface area contributed by atoms with Gasteiger partial charge in [0.05, 0.1) is 13.2 Å². The molecule has 0 saturated carbocycles. The lowest BCUT2D eigenvalue weighted by Gasteiger charge is -2.40. The van der Waals surface area contributed by atoms with Gasteiger partial charge in [-0.3, -0.25) is 9.59 Å². The predicted molar refractivity (Wildman–Crippen MR) is 105 cm³/mol. The molecule has 2 amide bonds. The monoisotopic (exact) mass is 373 g/mol. The molecule has 6 heteroatoms. The Balaban J connectivity index is 1.68. The maximum atomic E-state index is 13.3. The molecule has 2 aliphatic heterocycles. The minimum Gasteiger partial charge on any atom is -0.496 e. The summed E-state index contributed by atoms with van der Waals surface area (Å²) in [5.41, 5.74) is 1.05. The van der Waals surface area contributed by atoms with E-state index in [1.54, 1.807) is 7.11 Å². The predicted octanol–water partition coefficient (Wildman–Crippen LogP) is 2.21. The van der Waals surface area contributed by atoms with Crippen molar-refractivity contribution >= 4 is 11.8 Å². The molecule has 0 aliphatic carbocycles. The van der Waals surface area contributed by atoms with E-state index in [4.69, 9.17) is 4.74 Å². The van der Waals surface area contributed by atoms with Crippen molar-refractivity contribution in [2.75, 3.05) is 39.8 Å². The largest absolute Gasteiger partial charge is 0.496 e. The molecule has 148 valence electrons. The Hall–Kier alpha value is -2.08. The second kappa shape index (κ2) is 9.22. The van der Waals surface area contributed by atoms with Crippen LogP contribution in [-0.4, -0.2) is 61.4 Å². The standard InChI is InChI=1S/C21H31N3O3/c1-3-6-20(25)23-12-9-16(10-13-23)21(26)24-14-11-22-15-18(24)17-7-4-5-8-19(17)27-2/h4-5,7-8,16,18,22H,3,6,9-15H2,1-2H3. The molecule has 6 nitrogen and oxygen atoms in total. The number of hydrogen-bond acceptors (Lipinski definition) is 4. The fraction of sp³-hybridized carbons (Fsp3) is 0.619. The van der Waals surface area contributed by atoms with Gasteiger partial charge in [-0.2, -0.15) is 0 Å². The van der Waals surface area contributed by atoms with Crippen LogP contribution in [0.2, 0.25) is 0 Å². The van der Waals surface area contributed by atoms with Gasteiger partial charge >= 0.3 is 0 Å². The number of carbonyl (C=O) groups is 2. The normalized spacial score (nSPS) is 21.2. The van der Waals surface area contributed by atoms with E-state index in [9.17, 15) is 9.59 Å². The Bertz CT molecular complexity index is 656. The molecule has 2 saturated heterocycles. The number of piperazine rings is 1. The van der Waals surface area contributed by atoms with Gasteiger partial charge in [-0.15, -0.1) is 0 Å². The second-order valence-electron chi connectivity index (χ2n) is 7.40. The average Bonchev–Trinajstić information content (AvgIpc) is 2.73. The molecule has 1 unspecified atom stereocenters. The number of nitrogens with zero attached hydrogens (tertiary/aromatic N) is 2. The summed E-state index contributed by atoms with van der Waals surface area (Å²) >= 11 is 0. The summed E-state index contributed by atoms with van der Waals surface area (Å²) in [6, 6.07) is 7.93. The second-order valence-corrected chi connectivity index (χ2v) is 7.40.